The molecule has 0 saturated heterocycles. The molecule has 2 nitrogen and oxygen atoms in total. The van der Waals surface area contributed by atoms with Crippen molar-refractivity contribution in [2.75, 3.05) is 5.73 Å². The second-order valence-electron chi connectivity index (χ2n) is 9.30. The second kappa shape index (κ2) is 9.00. The molecule has 2 aliphatic rings. The van der Waals surface area contributed by atoms with E-state index in [1.807, 2.05) is 24.3 Å². The minimum atomic E-state index is -0.374. The van der Waals surface area contributed by atoms with Gasteiger partial charge in [-0.2, -0.15) is 0 Å². The van der Waals surface area contributed by atoms with Gasteiger partial charge in [-0.15, -0.1) is 0 Å². The Bertz CT molecular complexity index is 960. The van der Waals surface area contributed by atoms with Crippen LogP contribution in [0.5, 0.6) is 0 Å². The molecular weight excluding hydrogens is 385 g/mol. The first-order valence-electron chi connectivity index (χ1n) is 11.7. The second-order valence-corrected chi connectivity index (χ2v) is 9.30. The number of aliphatic hydroxyl groups is 1. The maximum absolute atomic E-state index is 14.5. The van der Waals surface area contributed by atoms with E-state index in [0.717, 1.165) is 48.8 Å². The van der Waals surface area contributed by atoms with Crippen molar-refractivity contribution in [3.05, 3.63) is 77.6 Å². The summed E-state index contributed by atoms with van der Waals surface area (Å²) in [5.41, 5.74) is 11.6. The molecule has 0 spiro atoms. The molecule has 31 heavy (non-hydrogen) atoms. The number of unbranched alkanes of at least 4 members (excludes halogenated alkanes) is 3. The quantitative estimate of drug-likeness (QED) is 0.357. The smallest absolute Gasteiger partial charge is 0.125 e. The summed E-state index contributed by atoms with van der Waals surface area (Å²) in [6, 6.07) is 15.1. The number of allylic oxidation sites excluding steroid dienone is 3. The van der Waals surface area contributed by atoms with Crippen molar-refractivity contribution in [3.8, 4) is 0 Å². The van der Waals surface area contributed by atoms with Crippen LogP contribution in [0.25, 0.3) is 11.1 Å². The van der Waals surface area contributed by atoms with E-state index in [-0.39, 0.29) is 23.3 Å². The fourth-order valence-corrected chi connectivity index (χ4v) is 6.03. The molecule has 0 amide bonds. The summed E-state index contributed by atoms with van der Waals surface area (Å²) in [4.78, 5) is 0. The van der Waals surface area contributed by atoms with Crippen molar-refractivity contribution in [3.63, 3.8) is 0 Å². The van der Waals surface area contributed by atoms with Gasteiger partial charge in [-0.25, -0.2) is 4.39 Å². The largest absolute Gasteiger partial charge is 0.399 e. The monoisotopic (exact) mass is 419 g/mol. The van der Waals surface area contributed by atoms with Crippen LogP contribution in [-0.2, 0) is 0 Å². The Morgan fingerprint density at radius 2 is 1.94 bits per heavy atom. The third-order valence-electron chi connectivity index (χ3n) is 7.40. The lowest BCUT2D eigenvalue weighted by atomic mass is 9.66. The number of fused-ring (bicyclic) bond motifs is 1. The van der Waals surface area contributed by atoms with Crippen molar-refractivity contribution < 1.29 is 9.50 Å². The predicted octanol–water partition coefficient (Wildman–Crippen LogP) is 7.01. The normalized spacial score (nSPS) is 25.1. The molecule has 1 unspecified atom stereocenters. The van der Waals surface area contributed by atoms with Gasteiger partial charge in [0.05, 0.1) is 6.10 Å². The summed E-state index contributed by atoms with van der Waals surface area (Å²) >= 11 is 0. The van der Waals surface area contributed by atoms with Crippen LogP contribution in [0.3, 0.4) is 0 Å². The molecule has 1 fully saturated rings. The Labute approximate surface area is 185 Å². The maximum atomic E-state index is 14.5. The molecule has 3 atom stereocenters. The fraction of sp³-hybridized carbons (Fsp3) is 0.429. The molecule has 3 N–H and O–H groups in total. The Hall–Kier alpha value is -2.39. The number of rotatable bonds is 8. The van der Waals surface area contributed by atoms with Gasteiger partial charge >= 0.3 is 0 Å². The molecule has 4 rings (SSSR count). The standard InChI is InChI=1S/C28H34FNO/c1-3-4-5-7-12-21-17-25-26(31)13-14-28(25,19(2)20-10-8-6-9-11-20)27(21)22-15-23(29)18-24(30)16-22/h6,8-11,15-16,18,25-26,31H,2-5,7,12-14,17,30H2,1H3/t25?,26-,28+/m1/s1. The number of hydrogen-bond donors (Lipinski definition) is 2. The summed E-state index contributed by atoms with van der Waals surface area (Å²) in [5.74, 6) is -0.226. The lowest BCUT2D eigenvalue weighted by Crippen LogP contribution is -2.29. The minimum Gasteiger partial charge on any atom is -0.399 e. The first-order chi connectivity index (χ1) is 15.0. The van der Waals surface area contributed by atoms with Crippen LogP contribution < -0.4 is 5.73 Å². The predicted molar refractivity (Wildman–Crippen MR) is 128 cm³/mol. The molecule has 0 heterocycles. The summed E-state index contributed by atoms with van der Waals surface area (Å²) in [6.45, 7) is 6.79. The summed E-state index contributed by atoms with van der Waals surface area (Å²) < 4.78 is 14.5. The van der Waals surface area contributed by atoms with Gasteiger partial charge in [-0.05, 0) is 72.6 Å². The first-order valence-corrected chi connectivity index (χ1v) is 11.7. The highest BCUT2D eigenvalue weighted by atomic mass is 19.1. The molecule has 2 aromatic carbocycles. The van der Waals surface area contributed by atoms with E-state index >= 15 is 0 Å². The zero-order valence-corrected chi connectivity index (χ0v) is 18.5. The van der Waals surface area contributed by atoms with Crippen LogP contribution in [0.15, 0.2) is 60.7 Å². The van der Waals surface area contributed by atoms with E-state index in [4.69, 9.17) is 5.73 Å². The van der Waals surface area contributed by atoms with Crippen LogP contribution >= 0.6 is 0 Å². The number of anilines is 1. The van der Waals surface area contributed by atoms with Crippen molar-refractivity contribution in [1.29, 1.82) is 0 Å². The average Bonchev–Trinajstić information content (AvgIpc) is 3.25. The molecular formula is C28H34FNO. The van der Waals surface area contributed by atoms with Gasteiger partial charge in [0, 0.05) is 17.0 Å². The molecule has 3 heteroatoms. The molecule has 0 aromatic heterocycles. The molecule has 0 aliphatic heterocycles. The Kier molecular flexibility index (Phi) is 6.34. The SMILES string of the molecule is C=C(c1ccccc1)[C@@]12CC[C@@H](O)C1CC(CCCCCC)=C2c1cc(N)cc(F)c1. The lowest BCUT2D eigenvalue weighted by Gasteiger charge is -2.37. The van der Waals surface area contributed by atoms with Gasteiger partial charge in [-0.3, -0.25) is 0 Å². The maximum Gasteiger partial charge on any atom is 0.125 e. The lowest BCUT2D eigenvalue weighted by molar-refractivity contribution is 0.120. The van der Waals surface area contributed by atoms with E-state index in [1.165, 1.54) is 36.5 Å². The van der Waals surface area contributed by atoms with Gasteiger partial charge in [0.25, 0.3) is 0 Å². The molecule has 1 saturated carbocycles. The van der Waals surface area contributed by atoms with E-state index in [1.54, 1.807) is 6.07 Å². The zero-order chi connectivity index (χ0) is 22.0. The van der Waals surface area contributed by atoms with E-state index in [2.05, 4.69) is 25.6 Å². The minimum absolute atomic E-state index is 0.0841. The van der Waals surface area contributed by atoms with Crippen molar-refractivity contribution in [2.24, 2.45) is 11.3 Å². The molecule has 2 aliphatic carbocycles. The third kappa shape index (κ3) is 3.96. The molecule has 164 valence electrons. The average molecular weight is 420 g/mol. The number of aliphatic hydroxyl groups excluding tert-OH is 1. The number of halogens is 1. The van der Waals surface area contributed by atoms with E-state index in [9.17, 15) is 9.50 Å². The van der Waals surface area contributed by atoms with Gasteiger partial charge in [0.2, 0.25) is 0 Å². The summed E-state index contributed by atoms with van der Waals surface area (Å²) in [7, 11) is 0. The first kappa shape index (κ1) is 21.8. The van der Waals surface area contributed by atoms with Crippen molar-refractivity contribution in [2.45, 2.75) is 64.4 Å². The van der Waals surface area contributed by atoms with Gasteiger partial charge in [-0.1, -0.05) is 68.7 Å². The number of hydrogen-bond acceptors (Lipinski definition) is 2. The molecule has 0 bridgehead atoms. The third-order valence-corrected chi connectivity index (χ3v) is 7.40. The number of nitrogens with two attached hydrogens (primary N) is 1. The topological polar surface area (TPSA) is 46.2 Å². The highest BCUT2D eigenvalue weighted by Crippen LogP contribution is 2.66. The Balaban J connectivity index is 1.85. The van der Waals surface area contributed by atoms with Crippen LogP contribution in [0.2, 0.25) is 0 Å². The highest BCUT2D eigenvalue weighted by Gasteiger charge is 2.56. The van der Waals surface area contributed by atoms with Crippen LogP contribution in [0.4, 0.5) is 10.1 Å². The number of benzene rings is 2. The summed E-state index contributed by atoms with van der Waals surface area (Å²) in [6.07, 6.45) is 7.78. The van der Waals surface area contributed by atoms with Crippen LogP contribution in [-0.4, -0.2) is 11.2 Å². The van der Waals surface area contributed by atoms with Crippen LogP contribution in [0, 0.1) is 17.2 Å². The summed E-state index contributed by atoms with van der Waals surface area (Å²) in [5, 5.41) is 11.0. The van der Waals surface area contributed by atoms with Gasteiger partial charge in [0.15, 0.2) is 0 Å². The van der Waals surface area contributed by atoms with Gasteiger partial charge < -0.3 is 10.8 Å². The highest BCUT2D eigenvalue weighted by molar-refractivity contribution is 5.90. The Morgan fingerprint density at radius 1 is 1.16 bits per heavy atom. The van der Waals surface area contributed by atoms with Crippen molar-refractivity contribution in [1.82, 2.24) is 0 Å². The zero-order valence-electron chi connectivity index (χ0n) is 18.5. The van der Waals surface area contributed by atoms with Crippen molar-refractivity contribution >= 4 is 16.8 Å². The number of nitrogen functional groups attached to an aromatic ring is 1. The fourth-order valence-electron chi connectivity index (χ4n) is 6.03. The Morgan fingerprint density at radius 3 is 2.65 bits per heavy atom. The van der Waals surface area contributed by atoms with Crippen LogP contribution in [0.1, 0.15) is 69.4 Å². The van der Waals surface area contributed by atoms with Gasteiger partial charge in [0.1, 0.15) is 5.82 Å². The molecule has 2 aromatic rings. The molecule has 0 radical (unpaired) electrons. The van der Waals surface area contributed by atoms with E-state index in [0.29, 0.717) is 5.69 Å². The van der Waals surface area contributed by atoms with E-state index < -0.39 is 0 Å².